The predicted molar refractivity (Wildman–Crippen MR) is 75.7 cm³/mol. The molecule has 0 saturated heterocycles. The average Bonchev–Trinajstić information content (AvgIpc) is 2.90. The molecule has 2 nitrogen and oxygen atoms in total. The fourth-order valence-electron chi connectivity index (χ4n) is 3.33. The van der Waals surface area contributed by atoms with E-state index in [1.165, 1.54) is 0 Å². The fraction of sp³-hybridized carbons (Fsp3) is 0.625. The van der Waals surface area contributed by atoms with Crippen molar-refractivity contribution in [1.82, 2.24) is 5.32 Å². The lowest BCUT2D eigenvalue weighted by atomic mass is 9.87. The highest BCUT2D eigenvalue weighted by Gasteiger charge is 2.41. The Bertz CT molecular complexity index is 444. The second kappa shape index (κ2) is 6.64. The number of rotatable bonds is 6. The van der Waals surface area contributed by atoms with E-state index in [-0.39, 0.29) is 11.6 Å². The third kappa shape index (κ3) is 3.01. The molecule has 112 valence electrons. The number of hydrogen-bond acceptors (Lipinski definition) is 2. The van der Waals surface area contributed by atoms with Crippen molar-refractivity contribution in [3.63, 3.8) is 0 Å². The maximum absolute atomic E-state index is 13.9. The van der Waals surface area contributed by atoms with E-state index in [1.54, 1.807) is 12.1 Å². The zero-order chi connectivity index (χ0) is 14.6. The quantitative estimate of drug-likeness (QED) is 0.863. The molecule has 4 heteroatoms. The molecule has 1 atom stereocenters. The third-order valence-electron chi connectivity index (χ3n) is 4.32. The summed E-state index contributed by atoms with van der Waals surface area (Å²) in [6.45, 7) is 2.62. The van der Waals surface area contributed by atoms with Crippen molar-refractivity contribution in [2.45, 2.75) is 50.7 Å². The Morgan fingerprint density at radius 3 is 2.60 bits per heavy atom. The topological polar surface area (TPSA) is 21.3 Å². The summed E-state index contributed by atoms with van der Waals surface area (Å²) < 4.78 is 33.2. The fourth-order valence-corrected chi connectivity index (χ4v) is 3.33. The molecule has 1 N–H and O–H groups in total. The van der Waals surface area contributed by atoms with Crippen molar-refractivity contribution in [2.24, 2.45) is 0 Å². The van der Waals surface area contributed by atoms with Gasteiger partial charge in [-0.25, -0.2) is 8.78 Å². The summed E-state index contributed by atoms with van der Waals surface area (Å²) in [6, 6.07) is 4.36. The van der Waals surface area contributed by atoms with Gasteiger partial charge in [0.1, 0.15) is 0 Å². The van der Waals surface area contributed by atoms with Crippen molar-refractivity contribution < 1.29 is 13.5 Å². The van der Waals surface area contributed by atoms with Crippen LogP contribution in [0.1, 0.15) is 38.2 Å². The normalized spacial score (nSPS) is 19.2. The summed E-state index contributed by atoms with van der Waals surface area (Å²) in [6.07, 6.45) is 4.65. The van der Waals surface area contributed by atoms with Crippen LogP contribution in [0.3, 0.4) is 0 Å². The summed E-state index contributed by atoms with van der Waals surface area (Å²) in [4.78, 5) is 0. The molecule has 1 unspecified atom stereocenters. The number of halogens is 2. The first kappa shape index (κ1) is 15.4. The highest BCUT2D eigenvalue weighted by Crippen LogP contribution is 2.37. The van der Waals surface area contributed by atoms with Crippen LogP contribution in [-0.2, 0) is 11.2 Å². The minimum Gasteiger partial charge on any atom is -0.374 e. The van der Waals surface area contributed by atoms with Gasteiger partial charge in [0.15, 0.2) is 11.6 Å². The summed E-state index contributed by atoms with van der Waals surface area (Å²) in [5, 5.41) is 3.25. The lowest BCUT2D eigenvalue weighted by Gasteiger charge is -2.37. The van der Waals surface area contributed by atoms with Crippen LogP contribution >= 0.6 is 0 Å². The van der Waals surface area contributed by atoms with E-state index in [2.05, 4.69) is 5.32 Å². The molecule has 2 rings (SSSR count). The molecule has 0 amide bonds. The van der Waals surface area contributed by atoms with Crippen LogP contribution in [0.4, 0.5) is 8.78 Å². The molecular formula is C16H23F2NO. The van der Waals surface area contributed by atoms with Gasteiger partial charge in [-0.15, -0.1) is 0 Å². The molecule has 1 aliphatic rings. The Morgan fingerprint density at radius 2 is 2.00 bits per heavy atom. The van der Waals surface area contributed by atoms with Crippen LogP contribution in [0.25, 0.3) is 0 Å². The Hall–Kier alpha value is -1.00. The summed E-state index contributed by atoms with van der Waals surface area (Å²) >= 11 is 0. The number of likely N-dealkylation sites (N-methyl/N-ethyl adjacent to an activating group) is 1. The van der Waals surface area contributed by atoms with Crippen LogP contribution < -0.4 is 5.32 Å². The molecule has 20 heavy (non-hydrogen) atoms. The number of hydrogen-bond donors (Lipinski definition) is 1. The first-order valence-corrected chi connectivity index (χ1v) is 7.37. The van der Waals surface area contributed by atoms with Gasteiger partial charge in [0.25, 0.3) is 0 Å². The Balaban J connectivity index is 2.21. The molecular weight excluding hydrogens is 260 g/mol. The van der Waals surface area contributed by atoms with Crippen LogP contribution in [0.5, 0.6) is 0 Å². The van der Waals surface area contributed by atoms with Gasteiger partial charge in [-0.3, -0.25) is 0 Å². The largest absolute Gasteiger partial charge is 0.374 e. The van der Waals surface area contributed by atoms with E-state index in [1.807, 2.05) is 14.0 Å². The SMILES string of the molecule is CCOC1(C(Cc2cccc(F)c2F)NC)CCCC1. The molecule has 1 aliphatic carbocycles. The van der Waals surface area contributed by atoms with E-state index in [0.717, 1.165) is 31.7 Å². The standard InChI is InChI=1S/C16H23F2NO/c1-3-20-16(9-4-5-10-16)14(19-2)11-12-7-6-8-13(17)15(12)18/h6-8,14,19H,3-5,9-11H2,1-2H3. The van der Waals surface area contributed by atoms with E-state index in [9.17, 15) is 8.78 Å². The van der Waals surface area contributed by atoms with Crippen LogP contribution in [0.2, 0.25) is 0 Å². The van der Waals surface area contributed by atoms with Gasteiger partial charge < -0.3 is 10.1 Å². The third-order valence-corrected chi connectivity index (χ3v) is 4.32. The number of nitrogens with one attached hydrogen (secondary N) is 1. The molecule has 0 radical (unpaired) electrons. The zero-order valence-electron chi connectivity index (χ0n) is 12.2. The van der Waals surface area contributed by atoms with Crippen LogP contribution in [0, 0.1) is 11.6 Å². The molecule has 0 heterocycles. The Kier molecular flexibility index (Phi) is 5.11. The maximum Gasteiger partial charge on any atom is 0.162 e. The molecule has 0 aliphatic heterocycles. The predicted octanol–water partition coefficient (Wildman–Crippen LogP) is 3.44. The van der Waals surface area contributed by atoms with Crippen molar-refractivity contribution >= 4 is 0 Å². The second-order valence-electron chi connectivity index (χ2n) is 5.46. The van der Waals surface area contributed by atoms with Crippen molar-refractivity contribution in [3.05, 3.63) is 35.4 Å². The lowest BCUT2D eigenvalue weighted by Crippen LogP contribution is -2.51. The smallest absolute Gasteiger partial charge is 0.162 e. The minimum absolute atomic E-state index is 0.00116. The minimum atomic E-state index is -0.783. The average molecular weight is 283 g/mol. The van der Waals surface area contributed by atoms with Gasteiger partial charge in [-0.05, 0) is 44.9 Å². The van der Waals surface area contributed by atoms with Gasteiger partial charge in [0, 0.05) is 12.6 Å². The molecule has 1 aromatic rings. The van der Waals surface area contributed by atoms with Crippen molar-refractivity contribution in [2.75, 3.05) is 13.7 Å². The maximum atomic E-state index is 13.9. The molecule has 1 saturated carbocycles. The molecule has 0 aromatic heterocycles. The summed E-state index contributed by atoms with van der Waals surface area (Å²) in [7, 11) is 1.86. The lowest BCUT2D eigenvalue weighted by molar-refractivity contribution is -0.0598. The zero-order valence-corrected chi connectivity index (χ0v) is 12.2. The number of ether oxygens (including phenoxy) is 1. The molecule has 1 fully saturated rings. The van der Waals surface area contributed by atoms with Crippen molar-refractivity contribution in [1.29, 1.82) is 0 Å². The Morgan fingerprint density at radius 1 is 1.30 bits per heavy atom. The van der Waals surface area contributed by atoms with Gasteiger partial charge in [0.2, 0.25) is 0 Å². The first-order chi connectivity index (χ1) is 9.63. The summed E-state index contributed by atoms with van der Waals surface area (Å²) in [5.74, 6) is -1.52. The van der Waals surface area contributed by atoms with Crippen LogP contribution in [0.15, 0.2) is 18.2 Å². The second-order valence-corrected chi connectivity index (χ2v) is 5.46. The van der Waals surface area contributed by atoms with Crippen molar-refractivity contribution in [3.8, 4) is 0 Å². The van der Waals surface area contributed by atoms with E-state index in [4.69, 9.17) is 4.74 Å². The van der Waals surface area contributed by atoms with Gasteiger partial charge in [0.05, 0.1) is 5.60 Å². The monoisotopic (exact) mass is 283 g/mol. The van der Waals surface area contributed by atoms with Gasteiger partial charge >= 0.3 is 0 Å². The first-order valence-electron chi connectivity index (χ1n) is 7.37. The molecule has 1 aromatic carbocycles. The van der Waals surface area contributed by atoms with Gasteiger partial charge in [-0.1, -0.05) is 25.0 Å². The van der Waals surface area contributed by atoms with Gasteiger partial charge in [-0.2, -0.15) is 0 Å². The highest BCUT2D eigenvalue weighted by molar-refractivity contribution is 5.21. The van der Waals surface area contributed by atoms with E-state index < -0.39 is 11.6 Å². The van der Waals surface area contributed by atoms with E-state index in [0.29, 0.717) is 18.6 Å². The Labute approximate surface area is 119 Å². The molecule has 0 bridgehead atoms. The summed E-state index contributed by atoms with van der Waals surface area (Å²) in [5.41, 5.74) is 0.165. The highest BCUT2D eigenvalue weighted by atomic mass is 19.2. The number of benzene rings is 1. The van der Waals surface area contributed by atoms with Crippen LogP contribution in [-0.4, -0.2) is 25.3 Å². The molecule has 0 spiro atoms. The van der Waals surface area contributed by atoms with E-state index >= 15 is 0 Å².